The average molecular weight is 542 g/mol. The Morgan fingerprint density at radius 3 is 2.08 bits per heavy atom. The van der Waals surface area contributed by atoms with Crippen LogP contribution in [-0.2, 0) is 32.6 Å². The van der Waals surface area contributed by atoms with Crippen molar-refractivity contribution >= 4 is 33.4 Å². The summed E-state index contributed by atoms with van der Waals surface area (Å²) in [5.41, 5.74) is 1.77. The summed E-state index contributed by atoms with van der Waals surface area (Å²) >= 11 is 6.03. The molecule has 0 aliphatic carbocycles. The molecule has 0 aliphatic rings. The third kappa shape index (κ3) is 7.89. The second-order valence-electron chi connectivity index (χ2n) is 8.71. The first kappa shape index (κ1) is 28.4. The van der Waals surface area contributed by atoms with E-state index in [0.29, 0.717) is 17.9 Å². The molecule has 2 amide bonds. The van der Waals surface area contributed by atoms with Crippen molar-refractivity contribution in [1.82, 2.24) is 14.5 Å². The lowest BCUT2D eigenvalue weighted by Gasteiger charge is -2.31. The van der Waals surface area contributed by atoms with Crippen LogP contribution in [0.2, 0.25) is 5.02 Å². The normalized spacial score (nSPS) is 12.2. The molecule has 0 radical (unpaired) electrons. The van der Waals surface area contributed by atoms with E-state index in [1.165, 1.54) is 11.4 Å². The molecule has 7 nitrogen and oxygen atoms in total. The number of halogens is 1. The number of amides is 2. The summed E-state index contributed by atoms with van der Waals surface area (Å²) < 4.78 is 26.9. The molecule has 0 saturated carbocycles. The number of nitrogens with zero attached hydrogens (tertiary/aromatic N) is 2. The number of hydrogen-bond donors (Lipinski definition) is 1. The van der Waals surface area contributed by atoms with E-state index in [9.17, 15) is 18.0 Å². The predicted octanol–water partition coefficient (Wildman–Crippen LogP) is 4.13. The molecule has 3 aromatic rings. The Bertz CT molecular complexity index is 1270. The highest BCUT2D eigenvalue weighted by Gasteiger charge is 2.30. The van der Waals surface area contributed by atoms with Gasteiger partial charge in [-0.2, -0.15) is 0 Å². The zero-order valence-electron chi connectivity index (χ0n) is 21.0. The molecule has 0 bridgehead atoms. The highest BCUT2D eigenvalue weighted by molar-refractivity contribution is 7.89. The van der Waals surface area contributed by atoms with Gasteiger partial charge < -0.3 is 10.2 Å². The summed E-state index contributed by atoms with van der Waals surface area (Å²) in [7, 11) is -0.601. The lowest BCUT2D eigenvalue weighted by molar-refractivity contribution is -0.141. The number of benzene rings is 3. The van der Waals surface area contributed by atoms with E-state index in [1.54, 1.807) is 54.4 Å². The standard InChI is InChI=1S/C28H32ClN3O4S/c1-30-28(34)26(20-22-10-5-3-6-11-22)32(21-23-15-17-24(29)18-16-23)27(33)14-9-19-31(2)37(35,36)25-12-7-4-8-13-25/h3-8,10-13,15-18,26H,9,14,19-21H2,1-2H3,(H,30,34)/t26-/m0/s1. The SMILES string of the molecule is CNC(=O)[C@H](Cc1ccccc1)N(Cc1ccc(Cl)cc1)C(=O)CCCN(C)S(=O)(=O)c1ccccc1. The minimum absolute atomic E-state index is 0.0878. The smallest absolute Gasteiger partial charge is 0.242 e. The lowest BCUT2D eigenvalue weighted by Crippen LogP contribution is -2.49. The molecule has 196 valence electrons. The molecule has 0 saturated heterocycles. The van der Waals surface area contributed by atoms with Crippen LogP contribution in [0.4, 0.5) is 0 Å². The molecule has 0 aromatic heterocycles. The van der Waals surface area contributed by atoms with E-state index in [1.807, 2.05) is 42.5 Å². The fourth-order valence-corrected chi connectivity index (χ4v) is 5.35. The molecule has 1 N–H and O–H groups in total. The predicted molar refractivity (Wildman–Crippen MR) is 145 cm³/mol. The van der Waals surface area contributed by atoms with Gasteiger partial charge in [0.2, 0.25) is 21.8 Å². The number of carbonyl (C=O) groups is 2. The quantitative estimate of drug-likeness (QED) is 0.373. The summed E-state index contributed by atoms with van der Waals surface area (Å²) in [4.78, 5) is 28.3. The maximum absolute atomic E-state index is 13.5. The van der Waals surface area contributed by atoms with Crippen molar-refractivity contribution in [3.05, 3.63) is 101 Å². The number of sulfonamides is 1. The van der Waals surface area contributed by atoms with Crippen molar-refractivity contribution in [3.63, 3.8) is 0 Å². The van der Waals surface area contributed by atoms with Gasteiger partial charge in [0.25, 0.3) is 0 Å². The van der Waals surface area contributed by atoms with Gasteiger partial charge in [-0.25, -0.2) is 12.7 Å². The van der Waals surface area contributed by atoms with Crippen LogP contribution in [0, 0.1) is 0 Å². The molecule has 9 heteroatoms. The molecule has 0 aliphatic heterocycles. The van der Waals surface area contributed by atoms with Crippen LogP contribution < -0.4 is 5.32 Å². The van der Waals surface area contributed by atoms with Gasteiger partial charge in [0.05, 0.1) is 4.90 Å². The monoisotopic (exact) mass is 541 g/mol. The van der Waals surface area contributed by atoms with Crippen LogP contribution >= 0.6 is 11.6 Å². The summed E-state index contributed by atoms with van der Waals surface area (Å²) in [6.45, 7) is 0.389. The van der Waals surface area contributed by atoms with Crippen LogP contribution in [-0.4, -0.2) is 56.1 Å². The van der Waals surface area contributed by atoms with Gasteiger partial charge in [-0.3, -0.25) is 9.59 Å². The zero-order chi connectivity index (χ0) is 26.8. The maximum Gasteiger partial charge on any atom is 0.242 e. The Hall–Kier alpha value is -3.20. The van der Waals surface area contributed by atoms with Crippen LogP contribution in [0.15, 0.2) is 89.8 Å². The lowest BCUT2D eigenvalue weighted by atomic mass is 10.0. The molecule has 0 spiro atoms. The molecular formula is C28H32ClN3O4S. The molecular weight excluding hydrogens is 510 g/mol. The number of likely N-dealkylation sites (N-methyl/N-ethyl adjacent to an activating group) is 1. The highest BCUT2D eigenvalue weighted by atomic mass is 35.5. The Labute approximate surface area is 224 Å². The highest BCUT2D eigenvalue weighted by Crippen LogP contribution is 2.19. The topological polar surface area (TPSA) is 86.8 Å². The van der Waals surface area contributed by atoms with Crippen molar-refractivity contribution in [2.75, 3.05) is 20.6 Å². The summed E-state index contributed by atoms with van der Waals surface area (Å²) in [6.07, 6.45) is 0.747. The molecule has 37 heavy (non-hydrogen) atoms. The van der Waals surface area contributed by atoms with Gasteiger partial charge in [-0.05, 0) is 41.8 Å². The van der Waals surface area contributed by atoms with Crippen molar-refractivity contribution in [2.45, 2.75) is 36.7 Å². The maximum atomic E-state index is 13.5. The van der Waals surface area contributed by atoms with Gasteiger partial charge in [0.15, 0.2) is 0 Å². The van der Waals surface area contributed by atoms with E-state index < -0.39 is 16.1 Å². The molecule has 0 fully saturated rings. The Balaban J connectivity index is 1.77. The first-order valence-corrected chi connectivity index (χ1v) is 13.8. The first-order valence-electron chi connectivity index (χ1n) is 12.0. The van der Waals surface area contributed by atoms with Gasteiger partial charge >= 0.3 is 0 Å². The van der Waals surface area contributed by atoms with Crippen LogP contribution in [0.1, 0.15) is 24.0 Å². The first-order chi connectivity index (χ1) is 17.7. The van der Waals surface area contributed by atoms with Crippen LogP contribution in [0.3, 0.4) is 0 Å². The van der Waals surface area contributed by atoms with Gasteiger partial charge in [0, 0.05) is 45.0 Å². The van der Waals surface area contributed by atoms with E-state index in [2.05, 4.69) is 5.32 Å². The average Bonchev–Trinajstić information content (AvgIpc) is 2.92. The van der Waals surface area contributed by atoms with Crippen molar-refractivity contribution in [2.24, 2.45) is 0 Å². The van der Waals surface area contributed by atoms with Gasteiger partial charge in [-0.15, -0.1) is 0 Å². The van der Waals surface area contributed by atoms with E-state index in [0.717, 1.165) is 11.1 Å². The zero-order valence-corrected chi connectivity index (χ0v) is 22.6. The minimum Gasteiger partial charge on any atom is -0.357 e. The minimum atomic E-state index is -3.65. The van der Waals surface area contributed by atoms with Crippen molar-refractivity contribution < 1.29 is 18.0 Å². The van der Waals surface area contributed by atoms with Gasteiger partial charge in [0.1, 0.15) is 6.04 Å². The van der Waals surface area contributed by atoms with Crippen LogP contribution in [0.5, 0.6) is 0 Å². The summed E-state index contributed by atoms with van der Waals surface area (Å²) in [6, 6.07) is 24.1. The van der Waals surface area contributed by atoms with E-state index in [4.69, 9.17) is 11.6 Å². The Morgan fingerprint density at radius 2 is 1.49 bits per heavy atom. The molecule has 1 atom stereocenters. The van der Waals surface area contributed by atoms with E-state index >= 15 is 0 Å². The number of hydrogen-bond acceptors (Lipinski definition) is 4. The fraction of sp³-hybridized carbons (Fsp3) is 0.286. The number of nitrogens with one attached hydrogen (secondary N) is 1. The molecule has 0 heterocycles. The second kappa shape index (κ2) is 13.4. The molecule has 0 unspecified atom stereocenters. The van der Waals surface area contributed by atoms with E-state index in [-0.39, 0.29) is 36.2 Å². The molecule has 3 rings (SSSR count). The number of rotatable bonds is 12. The third-order valence-electron chi connectivity index (χ3n) is 6.10. The summed E-state index contributed by atoms with van der Waals surface area (Å²) in [5, 5.41) is 3.27. The van der Waals surface area contributed by atoms with Crippen molar-refractivity contribution in [3.8, 4) is 0 Å². The van der Waals surface area contributed by atoms with Crippen molar-refractivity contribution in [1.29, 1.82) is 0 Å². The summed E-state index contributed by atoms with van der Waals surface area (Å²) in [5.74, 6) is -0.500. The third-order valence-corrected chi connectivity index (χ3v) is 8.22. The number of carbonyl (C=O) groups excluding carboxylic acids is 2. The molecule has 3 aromatic carbocycles. The largest absolute Gasteiger partial charge is 0.357 e. The van der Waals surface area contributed by atoms with Gasteiger partial charge in [-0.1, -0.05) is 72.3 Å². The second-order valence-corrected chi connectivity index (χ2v) is 11.2. The Morgan fingerprint density at radius 1 is 0.892 bits per heavy atom. The fourth-order valence-electron chi connectivity index (χ4n) is 4.00. The van der Waals surface area contributed by atoms with Crippen LogP contribution in [0.25, 0.3) is 0 Å². The Kier molecular flexibility index (Phi) is 10.3.